The Kier molecular flexibility index (Phi) is 3.35. The molecule has 16 heavy (non-hydrogen) atoms. The van der Waals surface area contributed by atoms with Crippen LogP contribution in [0.25, 0.3) is 0 Å². The van der Waals surface area contributed by atoms with Crippen LogP contribution in [0, 0.1) is 5.41 Å². The van der Waals surface area contributed by atoms with Gasteiger partial charge in [0.2, 0.25) is 0 Å². The maximum Gasteiger partial charge on any atom is 0.487 e. The molecule has 0 atom stereocenters. The molecular formula is C13H25BO2. The summed E-state index contributed by atoms with van der Waals surface area (Å²) in [6, 6.07) is 0. The van der Waals surface area contributed by atoms with Gasteiger partial charge in [-0.15, -0.1) is 0 Å². The SMILES string of the molecule is CC(=CB1OC(C)(C)C(C)(C)O1)C(C)(C)C. The first kappa shape index (κ1) is 13.8. The molecule has 1 aliphatic heterocycles. The summed E-state index contributed by atoms with van der Waals surface area (Å²) in [6.45, 7) is 17.0. The standard InChI is InChI=1S/C13H25BO2/c1-10(11(2,3)4)9-14-15-12(5,6)13(7,8)16-14/h9H,1-8H3. The van der Waals surface area contributed by atoms with Gasteiger partial charge in [-0.05, 0) is 40.0 Å². The number of hydrogen-bond acceptors (Lipinski definition) is 2. The van der Waals surface area contributed by atoms with E-state index >= 15 is 0 Å². The van der Waals surface area contributed by atoms with Gasteiger partial charge in [0.15, 0.2) is 0 Å². The molecule has 3 heteroatoms. The molecule has 1 rings (SSSR count). The second-order valence-electron chi connectivity index (χ2n) is 6.72. The van der Waals surface area contributed by atoms with Crippen molar-refractivity contribution in [2.75, 3.05) is 0 Å². The van der Waals surface area contributed by atoms with E-state index in [1.165, 1.54) is 5.57 Å². The van der Waals surface area contributed by atoms with Crippen molar-refractivity contribution < 1.29 is 9.31 Å². The third-order valence-electron chi connectivity index (χ3n) is 3.84. The first-order valence-electron chi connectivity index (χ1n) is 6.00. The first-order chi connectivity index (χ1) is 6.96. The van der Waals surface area contributed by atoms with Gasteiger partial charge in [0.25, 0.3) is 0 Å². The molecule has 0 radical (unpaired) electrons. The van der Waals surface area contributed by atoms with Gasteiger partial charge >= 0.3 is 7.12 Å². The lowest BCUT2D eigenvalue weighted by Gasteiger charge is -2.32. The van der Waals surface area contributed by atoms with Gasteiger partial charge in [-0.1, -0.05) is 32.3 Å². The van der Waals surface area contributed by atoms with Crippen LogP contribution in [0.15, 0.2) is 11.5 Å². The van der Waals surface area contributed by atoms with Crippen molar-refractivity contribution in [3.63, 3.8) is 0 Å². The molecule has 0 aromatic rings. The van der Waals surface area contributed by atoms with E-state index in [2.05, 4.69) is 61.4 Å². The Morgan fingerprint density at radius 2 is 1.38 bits per heavy atom. The number of hydrogen-bond donors (Lipinski definition) is 0. The van der Waals surface area contributed by atoms with Gasteiger partial charge in [-0.2, -0.15) is 0 Å². The van der Waals surface area contributed by atoms with Crippen LogP contribution in [0.5, 0.6) is 0 Å². The van der Waals surface area contributed by atoms with Crippen LogP contribution in [0.4, 0.5) is 0 Å². The topological polar surface area (TPSA) is 18.5 Å². The van der Waals surface area contributed by atoms with Crippen LogP contribution < -0.4 is 0 Å². The zero-order valence-corrected chi connectivity index (χ0v) is 12.0. The maximum atomic E-state index is 5.93. The molecule has 0 saturated carbocycles. The molecular weight excluding hydrogens is 199 g/mol. The molecule has 1 aliphatic rings. The quantitative estimate of drug-likeness (QED) is 0.633. The van der Waals surface area contributed by atoms with Gasteiger partial charge in [0.05, 0.1) is 11.2 Å². The summed E-state index contributed by atoms with van der Waals surface area (Å²) in [5.74, 6) is 2.09. The van der Waals surface area contributed by atoms with Gasteiger partial charge < -0.3 is 9.31 Å². The summed E-state index contributed by atoms with van der Waals surface area (Å²) in [5, 5.41) is 0. The third kappa shape index (κ3) is 2.69. The van der Waals surface area contributed by atoms with Gasteiger partial charge in [0, 0.05) is 0 Å². The molecule has 2 nitrogen and oxygen atoms in total. The van der Waals surface area contributed by atoms with Crippen LogP contribution in [0.2, 0.25) is 0 Å². The van der Waals surface area contributed by atoms with Crippen LogP contribution >= 0.6 is 0 Å². The molecule has 0 aromatic heterocycles. The molecule has 0 spiro atoms. The van der Waals surface area contributed by atoms with E-state index in [-0.39, 0.29) is 23.7 Å². The van der Waals surface area contributed by atoms with Gasteiger partial charge in [0.1, 0.15) is 0 Å². The van der Waals surface area contributed by atoms with E-state index in [1.54, 1.807) is 0 Å². The highest BCUT2D eigenvalue weighted by Gasteiger charge is 2.50. The first-order valence-corrected chi connectivity index (χ1v) is 6.00. The third-order valence-corrected chi connectivity index (χ3v) is 3.84. The van der Waals surface area contributed by atoms with Crippen molar-refractivity contribution in [3.05, 3.63) is 11.5 Å². The minimum atomic E-state index is -0.244. The number of allylic oxidation sites excluding steroid dienone is 1. The Balaban J connectivity index is 2.82. The van der Waals surface area contributed by atoms with Gasteiger partial charge in [-0.3, -0.25) is 0 Å². The van der Waals surface area contributed by atoms with E-state index in [1.807, 2.05) is 0 Å². The average Bonchev–Trinajstić information content (AvgIpc) is 2.17. The van der Waals surface area contributed by atoms with Crippen LogP contribution in [-0.2, 0) is 9.31 Å². The fourth-order valence-corrected chi connectivity index (χ4v) is 1.41. The molecule has 0 aliphatic carbocycles. The molecule has 0 aromatic carbocycles. The van der Waals surface area contributed by atoms with E-state index in [9.17, 15) is 0 Å². The molecule has 1 heterocycles. The summed E-state index contributed by atoms with van der Waals surface area (Å²) in [4.78, 5) is 0. The highest BCUT2D eigenvalue weighted by molar-refractivity contribution is 6.51. The highest BCUT2D eigenvalue weighted by Crippen LogP contribution is 2.38. The van der Waals surface area contributed by atoms with E-state index < -0.39 is 0 Å². The van der Waals surface area contributed by atoms with E-state index in [4.69, 9.17) is 9.31 Å². The van der Waals surface area contributed by atoms with E-state index in [0.717, 1.165) is 0 Å². The summed E-state index contributed by atoms with van der Waals surface area (Å²) in [5.41, 5.74) is 0.980. The van der Waals surface area contributed by atoms with Crippen molar-refractivity contribution in [3.8, 4) is 0 Å². The van der Waals surface area contributed by atoms with Crippen molar-refractivity contribution in [1.82, 2.24) is 0 Å². The molecule has 92 valence electrons. The molecule has 0 amide bonds. The van der Waals surface area contributed by atoms with Crippen molar-refractivity contribution in [2.24, 2.45) is 5.41 Å². The van der Waals surface area contributed by atoms with Crippen molar-refractivity contribution in [2.45, 2.75) is 66.6 Å². The normalized spacial score (nSPS) is 25.0. The average molecular weight is 224 g/mol. The Bertz CT molecular complexity index is 282. The largest absolute Gasteiger partial charge is 0.487 e. The summed E-state index contributed by atoms with van der Waals surface area (Å²) >= 11 is 0. The Hall–Kier alpha value is -0.275. The molecule has 0 bridgehead atoms. The predicted molar refractivity (Wildman–Crippen MR) is 69.3 cm³/mol. The zero-order valence-electron chi connectivity index (χ0n) is 12.0. The second-order valence-corrected chi connectivity index (χ2v) is 6.72. The minimum Gasteiger partial charge on any atom is -0.400 e. The Morgan fingerprint density at radius 1 is 1.00 bits per heavy atom. The minimum absolute atomic E-state index is 0.170. The van der Waals surface area contributed by atoms with Crippen LogP contribution in [0.1, 0.15) is 55.4 Å². The van der Waals surface area contributed by atoms with Crippen LogP contribution in [-0.4, -0.2) is 18.3 Å². The molecule has 1 fully saturated rings. The van der Waals surface area contributed by atoms with Crippen LogP contribution in [0.3, 0.4) is 0 Å². The number of rotatable bonds is 1. The molecule has 0 unspecified atom stereocenters. The lowest BCUT2D eigenvalue weighted by molar-refractivity contribution is 0.00578. The monoisotopic (exact) mass is 224 g/mol. The lowest BCUT2D eigenvalue weighted by Crippen LogP contribution is -2.41. The molecule has 0 N–H and O–H groups in total. The van der Waals surface area contributed by atoms with Crippen molar-refractivity contribution in [1.29, 1.82) is 0 Å². The Labute approximate surface area is 101 Å². The Morgan fingerprint density at radius 3 is 1.69 bits per heavy atom. The maximum absolute atomic E-state index is 5.93. The highest BCUT2D eigenvalue weighted by atomic mass is 16.7. The zero-order chi connectivity index (χ0) is 12.8. The lowest BCUT2D eigenvalue weighted by atomic mass is 9.78. The van der Waals surface area contributed by atoms with Crippen molar-refractivity contribution >= 4 is 7.12 Å². The fraction of sp³-hybridized carbons (Fsp3) is 0.846. The second kappa shape index (κ2) is 3.88. The molecule has 1 saturated heterocycles. The van der Waals surface area contributed by atoms with Gasteiger partial charge in [-0.25, -0.2) is 0 Å². The summed E-state index contributed by atoms with van der Waals surface area (Å²) in [6.07, 6.45) is 0. The van der Waals surface area contributed by atoms with E-state index in [0.29, 0.717) is 0 Å². The summed E-state index contributed by atoms with van der Waals surface area (Å²) in [7, 11) is -0.218. The fourth-order valence-electron chi connectivity index (χ4n) is 1.41. The predicted octanol–water partition coefficient (Wildman–Crippen LogP) is 3.61. The smallest absolute Gasteiger partial charge is 0.400 e. The summed E-state index contributed by atoms with van der Waals surface area (Å²) < 4.78 is 11.9.